The Hall–Kier alpha value is -0.643. The molecule has 2 nitrogen and oxygen atoms in total. The van der Waals surface area contributed by atoms with Gasteiger partial charge in [-0.2, -0.15) is 0 Å². The van der Waals surface area contributed by atoms with Gasteiger partial charge in [0.15, 0.2) is 0 Å². The molecule has 2 saturated carbocycles. The lowest BCUT2D eigenvalue weighted by molar-refractivity contribution is 0.312. The lowest BCUT2D eigenvalue weighted by Gasteiger charge is -2.32. The molecular formula is C23H34O2Si. The van der Waals surface area contributed by atoms with Crippen LogP contribution in [0.2, 0.25) is 18.6 Å². The summed E-state index contributed by atoms with van der Waals surface area (Å²) in [4.78, 5) is 0. The average Bonchev–Trinajstić information content (AvgIpc) is 3.58. The third-order valence-corrected chi connectivity index (χ3v) is 12.4. The number of benzene rings is 1. The van der Waals surface area contributed by atoms with E-state index in [1.807, 2.05) is 0 Å². The van der Waals surface area contributed by atoms with E-state index < -0.39 is 8.07 Å². The summed E-state index contributed by atoms with van der Waals surface area (Å²) in [6.45, 7) is 2.66. The van der Waals surface area contributed by atoms with Crippen LogP contribution in [0.3, 0.4) is 0 Å². The zero-order chi connectivity index (χ0) is 17.6. The number of ether oxygens (including phenoxy) is 2. The standard InChI is InChI=1S/C23H34O2Si/c1-26(19-9-3-2-4-10-19,15-13-17-7-5-11-20-22(17)24-20)16-14-18-8-6-12-21-23(18)25-21/h2-4,9-10,17-18,20-23H,5-8,11-16H2,1H3. The molecule has 5 rings (SSSR count). The summed E-state index contributed by atoms with van der Waals surface area (Å²) < 4.78 is 11.9. The molecule has 1 aromatic carbocycles. The van der Waals surface area contributed by atoms with Crippen molar-refractivity contribution in [2.45, 2.75) is 94.4 Å². The Morgan fingerprint density at radius 3 is 1.88 bits per heavy atom. The normalized spacial score (nSPS) is 40.2. The van der Waals surface area contributed by atoms with Crippen LogP contribution in [0.25, 0.3) is 0 Å². The maximum atomic E-state index is 5.93. The Balaban J connectivity index is 1.25. The largest absolute Gasteiger partial charge is 0.369 e. The van der Waals surface area contributed by atoms with E-state index in [0.717, 1.165) is 11.8 Å². The van der Waals surface area contributed by atoms with Gasteiger partial charge in [-0.3, -0.25) is 0 Å². The molecule has 6 atom stereocenters. The molecule has 4 fully saturated rings. The fourth-order valence-corrected chi connectivity index (χ4v) is 9.82. The third kappa shape index (κ3) is 3.55. The van der Waals surface area contributed by atoms with E-state index in [9.17, 15) is 0 Å². The zero-order valence-electron chi connectivity index (χ0n) is 16.2. The predicted octanol–water partition coefficient (Wildman–Crippen LogP) is 4.89. The first-order chi connectivity index (χ1) is 12.7. The van der Waals surface area contributed by atoms with Crippen LogP contribution in [0.1, 0.15) is 51.4 Å². The molecule has 4 aliphatic rings. The number of rotatable bonds is 7. The van der Waals surface area contributed by atoms with Gasteiger partial charge in [-0.15, -0.1) is 0 Å². The van der Waals surface area contributed by atoms with Crippen LogP contribution in [0, 0.1) is 11.8 Å². The quantitative estimate of drug-likeness (QED) is 0.504. The number of hydrogen-bond donors (Lipinski definition) is 0. The third-order valence-electron chi connectivity index (χ3n) is 7.90. The van der Waals surface area contributed by atoms with Crippen LogP contribution < -0.4 is 5.19 Å². The molecule has 0 aromatic heterocycles. The van der Waals surface area contributed by atoms with E-state index in [1.165, 1.54) is 63.5 Å². The minimum atomic E-state index is -1.43. The van der Waals surface area contributed by atoms with E-state index in [1.54, 1.807) is 5.19 Å². The monoisotopic (exact) mass is 370 g/mol. The van der Waals surface area contributed by atoms with Gasteiger partial charge >= 0.3 is 0 Å². The minimum absolute atomic E-state index is 0.622. The van der Waals surface area contributed by atoms with Crippen LogP contribution in [-0.4, -0.2) is 32.5 Å². The highest BCUT2D eigenvalue weighted by Crippen LogP contribution is 2.45. The van der Waals surface area contributed by atoms with Gasteiger partial charge in [0, 0.05) is 0 Å². The van der Waals surface area contributed by atoms with Gasteiger partial charge in [0.05, 0.1) is 32.5 Å². The Labute approximate surface area is 159 Å². The fourth-order valence-electron chi connectivity index (χ4n) is 5.98. The zero-order valence-corrected chi connectivity index (χ0v) is 17.2. The van der Waals surface area contributed by atoms with Gasteiger partial charge in [-0.05, 0) is 50.4 Å². The topological polar surface area (TPSA) is 25.1 Å². The van der Waals surface area contributed by atoms with Crippen molar-refractivity contribution in [1.29, 1.82) is 0 Å². The van der Waals surface area contributed by atoms with Gasteiger partial charge in [-0.25, -0.2) is 0 Å². The van der Waals surface area contributed by atoms with Crippen molar-refractivity contribution in [3.63, 3.8) is 0 Å². The number of fused-ring (bicyclic) bond motifs is 2. The SMILES string of the molecule is C[Si](CCC1CCCC2OC12)(CCC1CCCC2OC12)c1ccccc1. The van der Waals surface area contributed by atoms with Crippen LogP contribution in [0.15, 0.2) is 30.3 Å². The molecule has 0 radical (unpaired) electrons. The molecule has 0 amide bonds. The van der Waals surface area contributed by atoms with E-state index in [4.69, 9.17) is 9.47 Å². The van der Waals surface area contributed by atoms with Gasteiger partial charge in [0.2, 0.25) is 0 Å². The molecule has 1 aromatic rings. The fraction of sp³-hybridized carbons (Fsp3) is 0.739. The predicted molar refractivity (Wildman–Crippen MR) is 109 cm³/mol. The number of hydrogen-bond acceptors (Lipinski definition) is 2. The van der Waals surface area contributed by atoms with Gasteiger partial charge < -0.3 is 9.47 Å². The van der Waals surface area contributed by atoms with Crippen molar-refractivity contribution in [3.8, 4) is 0 Å². The molecule has 0 bridgehead atoms. The first kappa shape index (κ1) is 17.5. The summed E-state index contributed by atoms with van der Waals surface area (Å²) in [6.07, 6.45) is 13.5. The van der Waals surface area contributed by atoms with Crippen molar-refractivity contribution in [1.82, 2.24) is 0 Å². The van der Waals surface area contributed by atoms with E-state index in [2.05, 4.69) is 36.9 Å². The molecule has 142 valence electrons. The van der Waals surface area contributed by atoms with Crippen LogP contribution in [0.4, 0.5) is 0 Å². The lowest BCUT2D eigenvalue weighted by Crippen LogP contribution is -2.45. The molecule has 2 aliphatic carbocycles. The van der Waals surface area contributed by atoms with Crippen LogP contribution in [0.5, 0.6) is 0 Å². The molecule has 6 unspecified atom stereocenters. The van der Waals surface area contributed by atoms with E-state index >= 15 is 0 Å². The Morgan fingerprint density at radius 1 is 0.808 bits per heavy atom. The highest BCUT2D eigenvalue weighted by atomic mass is 28.3. The van der Waals surface area contributed by atoms with Gasteiger partial charge in [0.25, 0.3) is 0 Å². The maximum Gasteiger partial charge on any atom is 0.0869 e. The maximum absolute atomic E-state index is 5.93. The average molecular weight is 371 g/mol. The first-order valence-electron chi connectivity index (χ1n) is 11.1. The molecule has 2 saturated heterocycles. The van der Waals surface area contributed by atoms with Crippen molar-refractivity contribution in [2.75, 3.05) is 0 Å². The number of epoxide rings is 2. The smallest absolute Gasteiger partial charge is 0.0869 e. The molecule has 2 aliphatic heterocycles. The lowest BCUT2D eigenvalue weighted by atomic mass is 9.87. The summed E-state index contributed by atoms with van der Waals surface area (Å²) in [7, 11) is -1.43. The van der Waals surface area contributed by atoms with Crippen molar-refractivity contribution < 1.29 is 9.47 Å². The Kier molecular flexibility index (Phi) is 4.75. The van der Waals surface area contributed by atoms with E-state index in [-0.39, 0.29) is 0 Å². The second kappa shape index (κ2) is 7.07. The second-order valence-electron chi connectivity index (χ2n) is 9.66. The molecule has 0 N–H and O–H groups in total. The summed E-state index contributed by atoms with van der Waals surface area (Å²) in [6, 6.07) is 14.4. The molecule has 0 spiro atoms. The summed E-state index contributed by atoms with van der Waals surface area (Å²) >= 11 is 0. The van der Waals surface area contributed by atoms with Crippen LogP contribution in [-0.2, 0) is 9.47 Å². The highest BCUT2D eigenvalue weighted by molar-refractivity contribution is 6.90. The first-order valence-corrected chi connectivity index (χ1v) is 14.0. The van der Waals surface area contributed by atoms with Crippen molar-refractivity contribution in [3.05, 3.63) is 30.3 Å². The second-order valence-corrected chi connectivity index (χ2v) is 14.4. The summed E-state index contributed by atoms with van der Waals surface area (Å²) in [5, 5.41) is 1.67. The Morgan fingerprint density at radius 2 is 1.35 bits per heavy atom. The summed E-state index contributed by atoms with van der Waals surface area (Å²) in [5.41, 5.74) is 0. The molecule has 2 heterocycles. The van der Waals surface area contributed by atoms with Crippen molar-refractivity contribution in [2.24, 2.45) is 11.8 Å². The molecule has 26 heavy (non-hydrogen) atoms. The Bertz CT molecular complexity index is 586. The minimum Gasteiger partial charge on any atom is -0.369 e. The van der Waals surface area contributed by atoms with Crippen LogP contribution >= 0.6 is 0 Å². The van der Waals surface area contributed by atoms with Gasteiger partial charge in [-0.1, -0.05) is 67.0 Å². The van der Waals surface area contributed by atoms with Gasteiger partial charge in [0.1, 0.15) is 0 Å². The highest BCUT2D eigenvalue weighted by Gasteiger charge is 2.49. The molecular weight excluding hydrogens is 336 g/mol. The van der Waals surface area contributed by atoms with E-state index in [0.29, 0.717) is 24.4 Å². The summed E-state index contributed by atoms with van der Waals surface area (Å²) in [5.74, 6) is 1.69. The molecule has 3 heteroatoms. The van der Waals surface area contributed by atoms with Crippen molar-refractivity contribution >= 4 is 13.3 Å².